The minimum absolute atomic E-state index is 0.0229. The average molecular weight is 274 g/mol. The van der Waals surface area contributed by atoms with Crippen LogP contribution in [0, 0.1) is 0 Å². The molecule has 0 saturated carbocycles. The van der Waals surface area contributed by atoms with E-state index in [9.17, 15) is 27.9 Å². The summed E-state index contributed by atoms with van der Waals surface area (Å²) in [6.45, 7) is 0. The molecule has 0 fully saturated rings. The van der Waals surface area contributed by atoms with Crippen molar-refractivity contribution in [3.63, 3.8) is 0 Å². The van der Waals surface area contributed by atoms with E-state index in [1.165, 1.54) is 0 Å². The molecule has 7 heteroatoms. The lowest BCUT2D eigenvalue weighted by molar-refractivity contribution is -0.149. The Morgan fingerprint density at radius 2 is 1.74 bits per heavy atom. The van der Waals surface area contributed by atoms with Gasteiger partial charge >= 0.3 is 12.1 Å². The van der Waals surface area contributed by atoms with Crippen molar-refractivity contribution in [3.8, 4) is 0 Å². The number of carbonyl (C=O) groups excluding carboxylic acids is 2. The van der Waals surface area contributed by atoms with E-state index >= 15 is 0 Å². The molecule has 1 aromatic rings. The van der Waals surface area contributed by atoms with Crippen molar-refractivity contribution in [2.24, 2.45) is 0 Å². The van der Waals surface area contributed by atoms with Crippen molar-refractivity contribution in [2.75, 3.05) is 7.11 Å². The largest absolute Gasteiger partial charge is 0.507 e. The van der Waals surface area contributed by atoms with Gasteiger partial charge in [0.25, 0.3) is 5.78 Å². The second-order valence-corrected chi connectivity index (χ2v) is 3.46. The number of ketones is 1. The average Bonchev–Trinajstić information content (AvgIpc) is 2.36. The van der Waals surface area contributed by atoms with Gasteiger partial charge < -0.3 is 9.84 Å². The maximum atomic E-state index is 12.3. The first kappa shape index (κ1) is 14.7. The van der Waals surface area contributed by atoms with Gasteiger partial charge in [-0.1, -0.05) is 12.1 Å². The van der Waals surface area contributed by atoms with Crippen LogP contribution in [0.4, 0.5) is 13.2 Å². The van der Waals surface area contributed by atoms with Gasteiger partial charge in [-0.2, -0.15) is 13.2 Å². The third-order valence-electron chi connectivity index (χ3n) is 2.16. The molecule has 0 unspecified atom stereocenters. The van der Waals surface area contributed by atoms with E-state index in [2.05, 4.69) is 4.74 Å². The number of halogens is 3. The summed E-state index contributed by atoms with van der Waals surface area (Å²) in [7, 11) is 0.989. The molecule has 19 heavy (non-hydrogen) atoms. The van der Waals surface area contributed by atoms with Crippen LogP contribution in [-0.4, -0.2) is 24.0 Å². The molecular weight excluding hydrogens is 265 g/mol. The van der Waals surface area contributed by atoms with E-state index in [-0.39, 0.29) is 5.56 Å². The highest BCUT2D eigenvalue weighted by atomic mass is 19.4. The van der Waals surface area contributed by atoms with Crippen LogP contribution in [0.5, 0.6) is 0 Å². The number of benzene rings is 1. The molecule has 0 aliphatic heterocycles. The summed E-state index contributed by atoms with van der Waals surface area (Å²) in [5.74, 6) is -2.91. The van der Waals surface area contributed by atoms with E-state index in [1.54, 1.807) is 0 Å². The molecule has 0 amide bonds. The Balaban J connectivity index is 2.96. The van der Waals surface area contributed by atoms with E-state index in [4.69, 9.17) is 0 Å². The number of hydrogen-bond acceptors (Lipinski definition) is 4. The van der Waals surface area contributed by atoms with Crippen molar-refractivity contribution in [2.45, 2.75) is 6.18 Å². The van der Waals surface area contributed by atoms with Gasteiger partial charge in [-0.25, -0.2) is 4.79 Å². The van der Waals surface area contributed by atoms with Gasteiger partial charge in [-0.05, 0) is 12.1 Å². The van der Waals surface area contributed by atoms with Crippen molar-refractivity contribution < 1.29 is 32.6 Å². The molecule has 1 aromatic carbocycles. The number of aliphatic hydroxyl groups is 1. The van der Waals surface area contributed by atoms with Crippen molar-refractivity contribution in [3.05, 3.63) is 41.5 Å². The Morgan fingerprint density at radius 1 is 1.21 bits per heavy atom. The quantitative estimate of drug-likeness (QED) is 0.398. The number of ether oxygens (including phenoxy) is 1. The molecule has 102 valence electrons. The lowest BCUT2D eigenvalue weighted by Crippen LogP contribution is -2.13. The molecule has 0 radical (unpaired) electrons. The van der Waals surface area contributed by atoms with Gasteiger partial charge in [0.2, 0.25) is 0 Å². The molecule has 0 aliphatic rings. The van der Waals surface area contributed by atoms with Crippen LogP contribution in [0.1, 0.15) is 11.1 Å². The molecule has 4 nitrogen and oxygen atoms in total. The predicted molar refractivity (Wildman–Crippen MR) is 59.1 cm³/mol. The van der Waals surface area contributed by atoms with Crippen LogP contribution in [0.25, 0.3) is 5.76 Å². The minimum atomic E-state index is -4.49. The smallest absolute Gasteiger partial charge is 0.416 e. The second kappa shape index (κ2) is 5.55. The number of alkyl halides is 3. The minimum Gasteiger partial charge on any atom is -0.507 e. The summed E-state index contributed by atoms with van der Waals surface area (Å²) in [6, 6.07) is 3.47. The van der Waals surface area contributed by atoms with E-state index in [1.807, 2.05) is 0 Å². The molecule has 0 saturated heterocycles. The highest BCUT2D eigenvalue weighted by molar-refractivity contribution is 6.39. The van der Waals surface area contributed by atoms with Crippen LogP contribution >= 0.6 is 0 Å². The first-order valence-electron chi connectivity index (χ1n) is 4.96. The van der Waals surface area contributed by atoms with E-state index < -0.39 is 29.3 Å². The van der Waals surface area contributed by atoms with Gasteiger partial charge in [0.15, 0.2) is 0 Å². The zero-order valence-electron chi connectivity index (χ0n) is 9.69. The fourth-order valence-electron chi connectivity index (χ4n) is 1.20. The summed E-state index contributed by atoms with van der Waals surface area (Å²) >= 11 is 0. The van der Waals surface area contributed by atoms with Crippen molar-refractivity contribution in [1.82, 2.24) is 0 Å². The molecule has 0 atom stereocenters. The third-order valence-corrected chi connectivity index (χ3v) is 2.16. The van der Waals surface area contributed by atoms with Crippen LogP contribution in [0.15, 0.2) is 30.3 Å². The molecule has 0 aromatic heterocycles. The number of methoxy groups -OCH3 is 1. The molecule has 0 bridgehead atoms. The van der Waals surface area contributed by atoms with Gasteiger partial charge in [0.05, 0.1) is 12.7 Å². The summed E-state index contributed by atoms with van der Waals surface area (Å²) in [4.78, 5) is 21.9. The second-order valence-electron chi connectivity index (χ2n) is 3.46. The van der Waals surface area contributed by atoms with Gasteiger partial charge in [-0.15, -0.1) is 0 Å². The zero-order chi connectivity index (χ0) is 14.6. The van der Waals surface area contributed by atoms with E-state index in [0.29, 0.717) is 6.08 Å². The molecular formula is C12H9F3O4. The Morgan fingerprint density at radius 3 is 2.16 bits per heavy atom. The van der Waals surface area contributed by atoms with Gasteiger partial charge in [0, 0.05) is 11.6 Å². The maximum Gasteiger partial charge on any atom is 0.416 e. The lowest BCUT2D eigenvalue weighted by Gasteiger charge is -2.07. The first-order chi connectivity index (χ1) is 8.75. The van der Waals surface area contributed by atoms with E-state index in [0.717, 1.165) is 31.4 Å². The van der Waals surface area contributed by atoms with Crippen LogP contribution in [-0.2, 0) is 20.5 Å². The Bertz CT molecular complexity index is 515. The Hall–Kier alpha value is -2.31. The van der Waals surface area contributed by atoms with Crippen LogP contribution in [0.3, 0.4) is 0 Å². The third kappa shape index (κ3) is 3.84. The summed E-state index contributed by atoms with van der Waals surface area (Å²) < 4.78 is 41.0. The highest BCUT2D eigenvalue weighted by Gasteiger charge is 2.30. The maximum absolute atomic E-state index is 12.3. The van der Waals surface area contributed by atoms with Crippen molar-refractivity contribution >= 4 is 17.5 Å². The normalized spacial score (nSPS) is 12.1. The zero-order valence-corrected chi connectivity index (χ0v) is 9.69. The first-order valence-corrected chi connectivity index (χ1v) is 4.96. The molecule has 0 aliphatic carbocycles. The number of aliphatic hydroxyl groups excluding tert-OH is 1. The summed E-state index contributed by atoms with van der Waals surface area (Å²) in [5.41, 5.74) is -0.909. The number of carbonyl (C=O) groups is 2. The standard InChI is InChI=1S/C12H9F3O4/c1-19-11(18)10(17)6-9(16)7-2-4-8(5-3-7)12(13,14)15/h2-6,16H,1H3. The summed E-state index contributed by atoms with van der Waals surface area (Å²) in [5, 5.41) is 9.48. The lowest BCUT2D eigenvalue weighted by atomic mass is 10.1. The number of hydrogen-bond donors (Lipinski definition) is 1. The fraction of sp³-hybridized carbons (Fsp3) is 0.167. The van der Waals surface area contributed by atoms with Gasteiger partial charge in [0.1, 0.15) is 5.76 Å². The monoisotopic (exact) mass is 274 g/mol. The van der Waals surface area contributed by atoms with Gasteiger partial charge in [-0.3, -0.25) is 4.79 Å². The molecule has 1 rings (SSSR count). The van der Waals surface area contributed by atoms with Crippen LogP contribution < -0.4 is 0 Å². The molecule has 0 spiro atoms. The SMILES string of the molecule is COC(=O)C(=O)C=C(O)c1ccc(C(F)(F)F)cc1. The Kier molecular flexibility index (Phi) is 4.31. The van der Waals surface area contributed by atoms with Crippen molar-refractivity contribution in [1.29, 1.82) is 0 Å². The fourth-order valence-corrected chi connectivity index (χ4v) is 1.20. The molecule has 0 heterocycles. The number of rotatable bonds is 3. The van der Waals surface area contributed by atoms with Crippen LogP contribution in [0.2, 0.25) is 0 Å². The topological polar surface area (TPSA) is 63.6 Å². The predicted octanol–water partition coefficient (Wildman–Crippen LogP) is 2.35. The summed E-state index contributed by atoms with van der Waals surface area (Å²) in [6.07, 6.45) is -3.91. The molecule has 1 N–H and O–H groups in total. The highest BCUT2D eigenvalue weighted by Crippen LogP contribution is 2.29. The number of esters is 1. The Labute approximate surface area is 106 Å².